The predicted molar refractivity (Wildman–Crippen MR) is 131 cm³/mol. The first kappa shape index (κ1) is 28.2. The van der Waals surface area contributed by atoms with E-state index >= 15 is 0 Å². The normalized spacial score (nSPS) is 24.2. The molecule has 2 aromatic carbocycles. The molecule has 2 unspecified atom stereocenters. The summed E-state index contributed by atoms with van der Waals surface area (Å²) >= 11 is 0. The number of allylic oxidation sites excluding steroid dienone is 4. The van der Waals surface area contributed by atoms with Crippen LogP contribution in [-0.2, 0) is 6.11 Å². The van der Waals surface area contributed by atoms with Crippen LogP contribution in [0.2, 0.25) is 0 Å². The Labute approximate surface area is 218 Å². The lowest BCUT2D eigenvalue weighted by Gasteiger charge is -2.28. The van der Waals surface area contributed by atoms with E-state index < -0.39 is 46.5 Å². The number of hydrogen-bond donors (Lipinski definition) is 0. The van der Waals surface area contributed by atoms with E-state index in [4.69, 9.17) is 0 Å². The van der Waals surface area contributed by atoms with Crippen molar-refractivity contribution in [1.29, 1.82) is 0 Å². The highest BCUT2D eigenvalue weighted by Gasteiger charge is 2.42. The van der Waals surface area contributed by atoms with Gasteiger partial charge in [0.15, 0.2) is 17.5 Å². The van der Waals surface area contributed by atoms with Gasteiger partial charge < -0.3 is 4.74 Å². The molecule has 0 saturated heterocycles. The van der Waals surface area contributed by atoms with Crippen molar-refractivity contribution in [1.82, 2.24) is 0 Å². The molecule has 0 amide bonds. The second-order valence-electron chi connectivity index (χ2n) is 10.4. The zero-order valence-corrected chi connectivity index (χ0v) is 21.1. The highest BCUT2D eigenvalue weighted by atomic mass is 19.3. The van der Waals surface area contributed by atoms with Crippen molar-refractivity contribution in [2.75, 3.05) is 0 Å². The minimum absolute atomic E-state index is 0.178. The van der Waals surface area contributed by atoms with Gasteiger partial charge in [0.05, 0.1) is 0 Å². The molecule has 2 atom stereocenters. The highest BCUT2D eigenvalue weighted by Crippen LogP contribution is 2.41. The first-order valence-corrected chi connectivity index (χ1v) is 13.1. The van der Waals surface area contributed by atoms with Crippen molar-refractivity contribution in [3.63, 3.8) is 0 Å². The van der Waals surface area contributed by atoms with Crippen LogP contribution < -0.4 is 4.74 Å². The maximum atomic E-state index is 14.7. The van der Waals surface area contributed by atoms with Gasteiger partial charge in [0, 0.05) is 12.1 Å². The third-order valence-electron chi connectivity index (χ3n) is 7.59. The third-order valence-corrected chi connectivity index (χ3v) is 7.59. The average Bonchev–Trinajstić information content (AvgIpc) is 2.86. The van der Waals surface area contributed by atoms with Gasteiger partial charge >= 0.3 is 6.11 Å². The van der Waals surface area contributed by atoms with Crippen LogP contribution in [0, 0.1) is 46.8 Å². The van der Waals surface area contributed by atoms with Gasteiger partial charge in [-0.1, -0.05) is 37.6 Å². The lowest BCUT2D eigenvalue weighted by Crippen LogP contribution is -2.26. The summed E-state index contributed by atoms with van der Waals surface area (Å²) in [6.45, 7) is 2.19. The van der Waals surface area contributed by atoms with Crippen LogP contribution in [0.5, 0.6) is 5.75 Å². The second-order valence-corrected chi connectivity index (χ2v) is 10.4. The maximum Gasteiger partial charge on any atom is 0.432 e. The van der Waals surface area contributed by atoms with E-state index in [1.165, 1.54) is 19.3 Å². The Bertz CT molecular complexity index is 1140. The minimum atomic E-state index is -4.59. The highest BCUT2D eigenvalue weighted by molar-refractivity contribution is 5.33. The monoisotopic (exact) mass is 540 g/mol. The fourth-order valence-electron chi connectivity index (χ4n) is 5.51. The molecule has 38 heavy (non-hydrogen) atoms. The fraction of sp³-hybridized carbons (Fsp3) is 0.467. The van der Waals surface area contributed by atoms with E-state index in [9.17, 15) is 30.7 Å². The van der Waals surface area contributed by atoms with Crippen LogP contribution in [0.25, 0.3) is 0 Å². The largest absolute Gasteiger partial charge is 0.432 e. The maximum absolute atomic E-state index is 14.7. The predicted octanol–water partition coefficient (Wildman–Crippen LogP) is 9.72. The summed E-state index contributed by atoms with van der Waals surface area (Å²) in [5.41, 5.74) is -1.40. The number of hydrogen-bond acceptors (Lipinski definition) is 1. The van der Waals surface area contributed by atoms with Crippen LogP contribution in [0.15, 0.2) is 48.6 Å². The molecule has 2 aromatic rings. The molecule has 206 valence electrons. The Morgan fingerprint density at radius 3 is 1.97 bits per heavy atom. The van der Waals surface area contributed by atoms with Crippen LogP contribution in [0.4, 0.5) is 30.7 Å². The summed E-state index contributed by atoms with van der Waals surface area (Å²) in [5, 5.41) is 0. The number of benzene rings is 2. The second kappa shape index (κ2) is 12.0. The zero-order chi connectivity index (χ0) is 27.4. The van der Waals surface area contributed by atoms with Gasteiger partial charge in [0.25, 0.3) is 0 Å². The van der Waals surface area contributed by atoms with E-state index in [-0.39, 0.29) is 23.6 Å². The molecule has 1 fully saturated rings. The first-order chi connectivity index (χ1) is 18.1. The van der Waals surface area contributed by atoms with E-state index in [0.717, 1.165) is 31.4 Å². The van der Waals surface area contributed by atoms with E-state index in [2.05, 4.69) is 36.0 Å². The minimum Gasteiger partial charge on any atom is -0.429 e. The molecule has 8 heteroatoms. The van der Waals surface area contributed by atoms with Crippen molar-refractivity contribution in [2.24, 2.45) is 17.8 Å². The van der Waals surface area contributed by atoms with Gasteiger partial charge in [-0.05, 0) is 86.3 Å². The lowest BCUT2D eigenvalue weighted by molar-refractivity contribution is -0.189. The molecule has 0 heterocycles. The van der Waals surface area contributed by atoms with Crippen molar-refractivity contribution in [2.45, 2.75) is 70.3 Å². The Morgan fingerprint density at radius 2 is 1.42 bits per heavy atom. The molecule has 4 rings (SSSR count). The average molecular weight is 541 g/mol. The van der Waals surface area contributed by atoms with Crippen molar-refractivity contribution in [3.8, 4) is 5.75 Å². The van der Waals surface area contributed by atoms with Gasteiger partial charge in [-0.25, -0.2) is 22.0 Å². The Kier molecular flexibility index (Phi) is 8.89. The molecular weight excluding hydrogens is 509 g/mol. The Balaban J connectivity index is 1.39. The molecule has 1 nitrogen and oxygen atoms in total. The van der Waals surface area contributed by atoms with E-state index in [1.54, 1.807) is 0 Å². The van der Waals surface area contributed by atoms with Crippen molar-refractivity contribution in [3.05, 3.63) is 88.8 Å². The SMILES string of the molecule is CCCC1C=CC(/C=C/C2CCC(c3cc(F)c(C(F)(F)Oc4cc(F)c(F)c(F)c4)c(F)c3)CC2)CC1. The molecular formula is C30H31F7O. The number of rotatable bonds is 8. The summed E-state index contributed by atoms with van der Waals surface area (Å²) in [6, 6.07) is 2.08. The topological polar surface area (TPSA) is 9.23 Å². The number of ether oxygens (including phenoxy) is 1. The molecule has 0 N–H and O–H groups in total. The van der Waals surface area contributed by atoms with Crippen molar-refractivity contribution >= 4 is 0 Å². The van der Waals surface area contributed by atoms with Gasteiger partial charge in [0.1, 0.15) is 22.9 Å². The van der Waals surface area contributed by atoms with E-state index in [0.29, 0.717) is 30.6 Å². The first-order valence-electron chi connectivity index (χ1n) is 13.1. The van der Waals surface area contributed by atoms with E-state index in [1.807, 2.05) is 0 Å². The molecule has 2 aliphatic rings. The van der Waals surface area contributed by atoms with Crippen LogP contribution >= 0.6 is 0 Å². The molecule has 0 aliphatic heterocycles. The van der Waals surface area contributed by atoms with Gasteiger partial charge in [-0.2, -0.15) is 8.78 Å². The molecule has 0 bridgehead atoms. The smallest absolute Gasteiger partial charge is 0.429 e. The standard InChI is InChI=1S/C30H31F7O/c1-2-3-18-4-6-19(7-5-18)8-9-20-10-12-21(13-11-20)22-14-24(31)28(25(32)15-22)30(36,37)38-23-16-26(33)29(35)27(34)17-23/h4,6,8-9,14-21H,2-3,5,7,10-13H2,1H3/b9-8+. The van der Waals surface area contributed by atoms with Crippen LogP contribution in [-0.4, -0.2) is 0 Å². The quantitative estimate of drug-likeness (QED) is 0.184. The van der Waals surface area contributed by atoms with Crippen LogP contribution in [0.3, 0.4) is 0 Å². The molecule has 0 spiro atoms. The summed E-state index contributed by atoms with van der Waals surface area (Å²) in [6.07, 6.45) is 12.2. The molecule has 0 aromatic heterocycles. The summed E-state index contributed by atoms with van der Waals surface area (Å²) in [4.78, 5) is 0. The van der Waals surface area contributed by atoms with Crippen LogP contribution in [0.1, 0.15) is 75.3 Å². The summed E-state index contributed by atoms with van der Waals surface area (Å²) in [7, 11) is 0. The van der Waals surface area contributed by atoms with Gasteiger partial charge in [0.2, 0.25) is 0 Å². The van der Waals surface area contributed by atoms with Gasteiger partial charge in [-0.3, -0.25) is 0 Å². The number of halogens is 7. The van der Waals surface area contributed by atoms with Crippen molar-refractivity contribution < 1.29 is 35.5 Å². The third kappa shape index (κ3) is 6.62. The number of alkyl halides is 2. The zero-order valence-electron chi connectivity index (χ0n) is 21.1. The molecule has 2 aliphatic carbocycles. The Morgan fingerprint density at radius 1 is 0.789 bits per heavy atom. The fourth-order valence-corrected chi connectivity index (χ4v) is 5.51. The molecule has 1 saturated carbocycles. The summed E-state index contributed by atoms with van der Waals surface area (Å²) in [5.74, 6) is -8.30. The Hall–Kier alpha value is -2.77. The van der Waals surface area contributed by atoms with Gasteiger partial charge in [-0.15, -0.1) is 0 Å². The lowest BCUT2D eigenvalue weighted by atomic mass is 9.77. The molecule has 0 radical (unpaired) electrons. The summed E-state index contributed by atoms with van der Waals surface area (Å²) < 4.78 is 103.